The number of aromatic amines is 1. The summed E-state index contributed by atoms with van der Waals surface area (Å²) in [4.78, 5) is 24.2. The molecule has 0 saturated carbocycles. The number of rotatable bonds is 5. The number of likely N-dealkylation sites (tertiary alicyclic amines) is 1. The van der Waals surface area contributed by atoms with Crippen molar-refractivity contribution in [2.24, 2.45) is 0 Å². The summed E-state index contributed by atoms with van der Waals surface area (Å²) in [6.45, 7) is 8.76. The van der Waals surface area contributed by atoms with E-state index < -0.39 is 11.9 Å². The van der Waals surface area contributed by atoms with Gasteiger partial charge in [0.1, 0.15) is 17.0 Å². The van der Waals surface area contributed by atoms with Gasteiger partial charge in [0.25, 0.3) is 0 Å². The average molecular weight is 520 g/mol. The van der Waals surface area contributed by atoms with Crippen molar-refractivity contribution in [3.63, 3.8) is 0 Å². The number of aromatic nitrogens is 2. The Labute approximate surface area is 219 Å². The first-order valence-electron chi connectivity index (χ1n) is 12.3. The molecular formula is C28H29N3O5S. The molecule has 2 N–H and O–H groups in total. The van der Waals surface area contributed by atoms with Crippen molar-refractivity contribution in [3.05, 3.63) is 54.1 Å². The Morgan fingerprint density at radius 1 is 1.24 bits per heavy atom. The number of fused-ring (bicyclic) bond motifs is 4. The van der Waals surface area contributed by atoms with Crippen LogP contribution in [0.4, 0.5) is 0 Å². The van der Waals surface area contributed by atoms with Crippen LogP contribution in [0.15, 0.2) is 58.4 Å². The van der Waals surface area contributed by atoms with Crippen LogP contribution in [0, 0.1) is 0 Å². The Balaban J connectivity index is 0.000000307. The fourth-order valence-electron chi connectivity index (χ4n) is 4.92. The lowest BCUT2D eigenvalue weighted by Gasteiger charge is -2.29. The summed E-state index contributed by atoms with van der Waals surface area (Å²) < 4.78 is 8.72. The summed E-state index contributed by atoms with van der Waals surface area (Å²) in [6, 6.07) is 11.0. The van der Waals surface area contributed by atoms with E-state index in [1.54, 1.807) is 0 Å². The number of carbonyl (C=O) groups is 2. The molecule has 3 aliphatic rings. The lowest BCUT2D eigenvalue weighted by Crippen LogP contribution is -2.41. The van der Waals surface area contributed by atoms with E-state index in [1.165, 1.54) is 63.4 Å². The van der Waals surface area contributed by atoms with Gasteiger partial charge in [-0.05, 0) is 58.0 Å². The van der Waals surface area contributed by atoms with Gasteiger partial charge < -0.3 is 19.7 Å². The largest absolute Gasteiger partial charge is 0.545 e. The maximum absolute atomic E-state index is 9.53. The van der Waals surface area contributed by atoms with Crippen LogP contribution in [-0.2, 0) is 16.1 Å². The number of aliphatic carboxylic acids is 2. The second kappa shape index (κ2) is 10.1. The molecule has 3 aromatic rings. The van der Waals surface area contributed by atoms with Crippen LogP contribution in [0.2, 0.25) is 0 Å². The highest BCUT2D eigenvalue weighted by Crippen LogP contribution is 2.51. The maximum atomic E-state index is 9.53. The zero-order chi connectivity index (χ0) is 26.2. The van der Waals surface area contributed by atoms with Crippen molar-refractivity contribution in [3.8, 4) is 17.0 Å². The number of hydrogen-bond acceptors (Lipinski definition) is 6. The molecule has 2 aromatic carbocycles. The molecule has 0 atom stereocenters. The first kappa shape index (κ1) is 25.1. The summed E-state index contributed by atoms with van der Waals surface area (Å²) in [5.74, 6) is -1.81. The smallest absolute Gasteiger partial charge is 0.328 e. The van der Waals surface area contributed by atoms with Crippen molar-refractivity contribution < 1.29 is 29.2 Å². The van der Waals surface area contributed by atoms with E-state index in [0.29, 0.717) is 12.2 Å². The molecule has 1 fully saturated rings. The summed E-state index contributed by atoms with van der Waals surface area (Å²) in [5, 5.41) is 22.3. The zero-order valence-corrected chi connectivity index (χ0v) is 21.6. The fraction of sp³-hybridized carbons (Fsp3) is 0.321. The second-order valence-electron chi connectivity index (χ2n) is 9.83. The van der Waals surface area contributed by atoms with Crippen molar-refractivity contribution in [1.82, 2.24) is 10.00 Å². The normalized spacial score (nSPS) is 17.1. The van der Waals surface area contributed by atoms with E-state index in [-0.39, 0.29) is 5.60 Å². The third-order valence-electron chi connectivity index (χ3n) is 6.64. The van der Waals surface area contributed by atoms with Crippen LogP contribution in [0.25, 0.3) is 28.2 Å². The van der Waals surface area contributed by atoms with Crippen LogP contribution in [0.5, 0.6) is 5.75 Å². The van der Waals surface area contributed by atoms with Gasteiger partial charge >= 0.3 is 5.97 Å². The molecule has 0 bridgehead atoms. The molecule has 0 radical (unpaired) electrons. The minimum absolute atomic E-state index is 0.274. The topological polar surface area (TPSA) is 110 Å². The number of benzene rings is 2. The molecular weight excluding hydrogens is 490 g/mol. The van der Waals surface area contributed by atoms with Gasteiger partial charge in [-0.15, -0.1) is 4.68 Å². The third kappa shape index (κ3) is 5.28. The number of carbonyl (C=O) groups excluding carboxylic acids is 1. The van der Waals surface area contributed by atoms with Crippen LogP contribution in [-0.4, -0.2) is 52.3 Å². The van der Waals surface area contributed by atoms with Crippen LogP contribution >= 0.6 is 11.8 Å². The standard InChI is InChI=1S/C24H25N3OS.C4H4O4/c1-24(2)10-9-16-19(28-24)15-18-21-22(17-7-3-4-8-20(17)29-23(16)21)25-27(18)14-13-26-11-5-6-12-26;5-3(6)1-2-4(7)8/h3-4,7-10,15H,5-6,11-14H2,1-2H3;1-2H,(H,5,6)(H,7,8)/b;2-1+. The van der Waals surface area contributed by atoms with Crippen LogP contribution in [0.1, 0.15) is 32.3 Å². The molecule has 37 heavy (non-hydrogen) atoms. The lowest BCUT2D eigenvalue weighted by molar-refractivity contribution is -0.725. The summed E-state index contributed by atoms with van der Waals surface area (Å²) in [7, 11) is 0. The van der Waals surface area contributed by atoms with Gasteiger partial charge in [-0.25, -0.2) is 4.79 Å². The van der Waals surface area contributed by atoms with Gasteiger partial charge in [0.15, 0.2) is 6.54 Å². The molecule has 1 aromatic heterocycles. The second-order valence-corrected chi connectivity index (χ2v) is 10.9. The van der Waals surface area contributed by atoms with Crippen molar-refractivity contribution >= 4 is 40.7 Å². The number of nitrogens with zero attached hydrogens (tertiary/aromatic N) is 2. The summed E-state index contributed by atoms with van der Waals surface area (Å²) in [6.07, 6.45) is 8.03. The lowest BCUT2D eigenvalue weighted by atomic mass is 9.99. The zero-order valence-electron chi connectivity index (χ0n) is 20.8. The molecule has 4 heterocycles. The molecule has 192 valence electrons. The van der Waals surface area contributed by atoms with E-state index in [1.807, 2.05) is 11.8 Å². The highest BCUT2D eigenvalue weighted by Gasteiger charge is 2.34. The Bertz CT molecular complexity index is 1420. The third-order valence-corrected chi connectivity index (χ3v) is 7.85. The van der Waals surface area contributed by atoms with Gasteiger partial charge in [0.05, 0.1) is 24.0 Å². The van der Waals surface area contributed by atoms with Gasteiger partial charge in [0.2, 0.25) is 5.52 Å². The highest BCUT2D eigenvalue weighted by molar-refractivity contribution is 8.00. The van der Waals surface area contributed by atoms with Gasteiger partial charge in [0, 0.05) is 27.0 Å². The van der Waals surface area contributed by atoms with Crippen LogP contribution < -0.4 is 14.5 Å². The van der Waals surface area contributed by atoms with E-state index >= 15 is 0 Å². The minimum atomic E-state index is -1.51. The molecule has 3 aliphatic heterocycles. The van der Waals surface area contributed by atoms with E-state index in [4.69, 9.17) is 9.84 Å². The molecule has 0 aliphatic carbocycles. The Hall–Kier alpha value is -3.56. The Morgan fingerprint density at radius 2 is 2.00 bits per heavy atom. The monoisotopic (exact) mass is 519 g/mol. The van der Waals surface area contributed by atoms with Gasteiger partial charge in [-0.3, -0.25) is 4.90 Å². The van der Waals surface area contributed by atoms with E-state index in [9.17, 15) is 14.7 Å². The molecule has 0 amide bonds. The maximum Gasteiger partial charge on any atom is 0.328 e. The number of nitrogens with one attached hydrogen (secondary N) is 1. The van der Waals surface area contributed by atoms with Crippen molar-refractivity contribution in [1.29, 1.82) is 0 Å². The number of H-pyrrole nitrogens is 1. The minimum Gasteiger partial charge on any atom is -0.545 e. The van der Waals surface area contributed by atoms with Crippen LogP contribution in [0.3, 0.4) is 0 Å². The molecule has 6 rings (SSSR count). The number of carboxylic acids is 2. The SMILES string of the molecule is CC1(C)C=Cc2c(cc3c4c([nH][n+]3CCN3CCCC3)-c3ccccc3Sc24)O1.O=C([O-])/C=C/C(=O)O. The molecule has 9 heteroatoms. The van der Waals surface area contributed by atoms with Crippen molar-refractivity contribution in [2.45, 2.75) is 48.6 Å². The molecule has 0 spiro atoms. The van der Waals surface area contributed by atoms with E-state index in [2.05, 4.69) is 71.0 Å². The quantitative estimate of drug-likeness (QED) is 0.308. The predicted octanol–water partition coefficient (Wildman–Crippen LogP) is 3.24. The predicted molar refractivity (Wildman–Crippen MR) is 139 cm³/mol. The first-order valence-corrected chi connectivity index (χ1v) is 13.2. The molecule has 8 nitrogen and oxygen atoms in total. The van der Waals surface area contributed by atoms with Gasteiger partial charge in [-0.2, -0.15) is 5.10 Å². The Morgan fingerprint density at radius 3 is 2.70 bits per heavy atom. The fourth-order valence-corrected chi connectivity index (χ4v) is 6.16. The average Bonchev–Trinajstić information content (AvgIpc) is 3.50. The summed E-state index contributed by atoms with van der Waals surface area (Å²) in [5.41, 5.74) is 4.73. The molecule has 1 saturated heterocycles. The highest BCUT2D eigenvalue weighted by atomic mass is 32.2. The molecule has 0 unspecified atom stereocenters. The van der Waals surface area contributed by atoms with Gasteiger partial charge in [-0.1, -0.05) is 36.0 Å². The Kier molecular flexibility index (Phi) is 6.83. The number of carboxylic acid groups (broad SMARTS) is 2. The number of hydrogen-bond donors (Lipinski definition) is 2. The van der Waals surface area contributed by atoms with E-state index in [0.717, 1.165) is 18.8 Å². The van der Waals surface area contributed by atoms with Crippen molar-refractivity contribution in [2.75, 3.05) is 19.6 Å². The summed E-state index contributed by atoms with van der Waals surface area (Å²) >= 11 is 1.87. The number of ether oxygens (including phenoxy) is 1. The first-order chi connectivity index (χ1) is 17.7.